The van der Waals surface area contributed by atoms with E-state index in [1.807, 2.05) is 12.1 Å². The van der Waals surface area contributed by atoms with Crippen molar-refractivity contribution in [2.45, 2.75) is 12.9 Å². The maximum atomic E-state index is 12.1. The summed E-state index contributed by atoms with van der Waals surface area (Å²) in [5, 5.41) is 3.62. The van der Waals surface area contributed by atoms with E-state index >= 15 is 0 Å². The fraction of sp³-hybridized carbons (Fsp3) is 0.143. The third-order valence-corrected chi connectivity index (χ3v) is 2.69. The zero-order valence-corrected chi connectivity index (χ0v) is 11.0. The molecule has 0 aromatic heterocycles. The summed E-state index contributed by atoms with van der Waals surface area (Å²) in [4.78, 5) is 0. The van der Waals surface area contributed by atoms with Gasteiger partial charge >= 0.3 is 6.36 Å². The summed E-state index contributed by atoms with van der Waals surface area (Å²) in [7, 11) is 0. The van der Waals surface area contributed by atoms with E-state index in [0.29, 0.717) is 17.3 Å². The number of halogens is 4. The molecule has 2 aromatic carbocycles. The highest BCUT2D eigenvalue weighted by Gasteiger charge is 2.31. The van der Waals surface area contributed by atoms with E-state index in [1.54, 1.807) is 18.2 Å². The fourth-order valence-corrected chi connectivity index (χ4v) is 1.87. The molecule has 0 unspecified atom stereocenters. The molecule has 0 amide bonds. The van der Waals surface area contributed by atoms with Crippen molar-refractivity contribution < 1.29 is 17.9 Å². The molecule has 2 nitrogen and oxygen atoms in total. The Labute approximate surface area is 119 Å². The van der Waals surface area contributed by atoms with Crippen molar-refractivity contribution in [3.8, 4) is 5.75 Å². The Morgan fingerprint density at radius 2 is 1.80 bits per heavy atom. The molecule has 0 radical (unpaired) electrons. The number of nitrogens with one attached hydrogen (secondary N) is 1. The molecule has 2 aromatic rings. The van der Waals surface area contributed by atoms with E-state index in [2.05, 4.69) is 10.1 Å². The maximum Gasteiger partial charge on any atom is 0.573 e. The lowest BCUT2D eigenvalue weighted by molar-refractivity contribution is -0.274. The van der Waals surface area contributed by atoms with Crippen LogP contribution in [0.25, 0.3) is 0 Å². The van der Waals surface area contributed by atoms with Gasteiger partial charge in [-0.3, -0.25) is 0 Å². The van der Waals surface area contributed by atoms with Crippen LogP contribution in [0.4, 0.5) is 18.9 Å². The zero-order chi connectivity index (χ0) is 14.6. The summed E-state index contributed by atoms with van der Waals surface area (Å²) >= 11 is 5.85. The van der Waals surface area contributed by atoms with Gasteiger partial charge in [-0.1, -0.05) is 29.8 Å². The van der Waals surface area contributed by atoms with E-state index in [-0.39, 0.29) is 5.75 Å². The van der Waals surface area contributed by atoms with Crippen LogP contribution in [-0.2, 0) is 6.54 Å². The van der Waals surface area contributed by atoms with Gasteiger partial charge in [0.15, 0.2) is 0 Å². The quantitative estimate of drug-likeness (QED) is 0.871. The lowest BCUT2D eigenvalue weighted by atomic mass is 10.2. The van der Waals surface area contributed by atoms with E-state index in [0.717, 1.165) is 5.56 Å². The Kier molecular flexibility index (Phi) is 4.39. The summed E-state index contributed by atoms with van der Waals surface area (Å²) in [5.41, 5.74) is 1.46. The summed E-state index contributed by atoms with van der Waals surface area (Å²) in [5.74, 6) is -0.256. The van der Waals surface area contributed by atoms with Gasteiger partial charge in [0.05, 0.1) is 0 Å². The summed E-state index contributed by atoms with van der Waals surface area (Å²) in [6.07, 6.45) is -4.69. The standard InChI is InChI=1S/C14H11ClF3NO/c15-11-4-1-3-10(7-11)9-19-12-5-2-6-13(8-12)20-14(16,17)18/h1-8,19H,9H2. The molecular weight excluding hydrogens is 291 g/mol. The molecule has 0 saturated carbocycles. The number of anilines is 1. The summed E-state index contributed by atoms with van der Waals surface area (Å²) < 4.78 is 40.2. The normalized spacial score (nSPS) is 11.2. The molecule has 0 aliphatic heterocycles. The fourth-order valence-electron chi connectivity index (χ4n) is 1.65. The Morgan fingerprint density at radius 1 is 1.05 bits per heavy atom. The highest BCUT2D eigenvalue weighted by Crippen LogP contribution is 2.25. The Morgan fingerprint density at radius 3 is 2.50 bits per heavy atom. The molecular formula is C14H11ClF3NO. The van der Waals surface area contributed by atoms with Crippen LogP contribution in [0.5, 0.6) is 5.75 Å². The second-order valence-electron chi connectivity index (χ2n) is 4.06. The van der Waals surface area contributed by atoms with Gasteiger partial charge in [-0.05, 0) is 29.8 Å². The molecule has 6 heteroatoms. The molecule has 0 heterocycles. The predicted molar refractivity (Wildman–Crippen MR) is 71.9 cm³/mol. The van der Waals surface area contributed by atoms with Crippen molar-refractivity contribution >= 4 is 17.3 Å². The smallest absolute Gasteiger partial charge is 0.406 e. The molecule has 2 rings (SSSR count). The molecule has 0 bridgehead atoms. The highest BCUT2D eigenvalue weighted by atomic mass is 35.5. The summed E-state index contributed by atoms with van der Waals surface area (Å²) in [6.45, 7) is 0.454. The zero-order valence-electron chi connectivity index (χ0n) is 10.2. The molecule has 20 heavy (non-hydrogen) atoms. The molecule has 0 fully saturated rings. The SMILES string of the molecule is FC(F)(F)Oc1cccc(NCc2cccc(Cl)c2)c1. The lowest BCUT2D eigenvalue weighted by Crippen LogP contribution is -2.17. The van der Waals surface area contributed by atoms with Crippen molar-refractivity contribution in [3.05, 3.63) is 59.1 Å². The van der Waals surface area contributed by atoms with Crippen LogP contribution in [0.3, 0.4) is 0 Å². The van der Waals surface area contributed by atoms with Crippen LogP contribution in [-0.4, -0.2) is 6.36 Å². The Hall–Kier alpha value is -1.88. The molecule has 1 N–H and O–H groups in total. The van der Waals surface area contributed by atoms with Crippen molar-refractivity contribution in [2.75, 3.05) is 5.32 Å². The lowest BCUT2D eigenvalue weighted by Gasteiger charge is -2.11. The first-order valence-electron chi connectivity index (χ1n) is 5.76. The molecule has 0 atom stereocenters. The minimum Gasteiger partial charge on any atom is -0.406 e. The average Bonchev–Trinajstić information content (AvgIpc) is 2.35. The van der Waals surface area contributed by atoms with E-state index < -0.39 is 6.36 Å². The number of hydrogen-bond donors (Lipinski definition) is 1. The number of alkyl halides is 3. The number of benzene rings is 2. The van der Waals surface area contributed by atoms with E-state index in [1.165, 1.54) is 18.2 Å². The third-order valence-electron chi connectivity index (χ3n) is 2.45. The number of ether oxygens (including phenoxy) is 1. The van der Waals surface area contributed by atoms with E-state index in [9.17, 15) is 13.2 Å². The summed E-state index contributed by atoms with van der Waals surface area (Å²) in [6, 6.07) is 12.9. The van der Waals surface area contributed by atoms with Gasteiger partial charge in [0.2, 0.25) is 0 Å². The monoisotopic (exact) mass is 301 g/mol. The average molecular weight is 302 g/mol. The first-order valence-corrected chi connectivity index (χ1v) is 6.14. The molecule has 106 valence electrons. The van der Waals surface area contributed by atoms with Crippen LogP contribution in [0.1, 0.15) is 5.56 Å². The second-order valence-corrected chi connectivity index (χ2v) is 4.50. The largest absolute Gasteiger partial charge is 0.573 e. The van der Waals surface area contributed by atoms with Crippen LogP contribution in [0.2, 0.25) is 5.02 Å². The van der Waals surface area contributed by atoms with Gasteiger partial charge in [0.1, 0.15) is 5.75 Å². The minimum absolute atomic E-state index is 0.256. The first-order chi connectivity index (χ1) is 9.42. The van der Waals surface area contributed by atoms with Gasteiger partial charge in [-0.2, -0.15) is 0 Å². The Balaban J connectivity index is 2.01. The van der Waals surface area contributed by atoms with Gasteiger partial charge < -0.3 is 10.1 Å². The first kappa shape index (κ1) is 14.5. The van der Waals surface area contributed by atoms with Crippen LogP contribution in [0.15, 0.2) is 48.5 Å². The van der Waals surface area contributed by atoms with Crippen molar-refractivity contribution in [1.29, 1.82) is 0 Å². The van der Waals surface area contributed by atoms with E-state index in [4.69, 9.17) is 11.6 Å². The minimum atomic E-state index is -4.69. The van der Waals surface area contributed by atoms with Crippen molar-refractivity contribution in [2.24, 2.45) is 0 Å². The number of rotatable bonds is 4. The molecule has 0 aliphatic carbocycles. The Bertz CT molecular complexity index is 587. The van der Waals surface area contributed by atoms with Crippen LogP contribution < -0.4 is 10.1 Å². The van der Waals surface area contributed by atoms with Crippen LogP contribution in [0, 0.1) is 0 Å². The van der Waals surface area contributed by atoms with Gasteiger partial charge in [0, 0.05) is 23.3 Å². The van der Waals surface area contributed by atoms with Crippen molar-refractivity contribution in [3.63, 3.8) is 0 Å². The molecule has 0 saturated heterocycles. The number of hydrogen-bond acceptors (Lipinski definition) is 2. The maximum absolute atomic E-state index is 12.1. The van der Waals surface area contributed by atoms with Crippen molar-refractivity contribution in [1.82, 2.24) is 0 Å². The van der Waals surface area contributed by atoms with Gasteiger partial charge in [0.25, 0.3) is 0 Å². The topological polar surface area (TPSA) is 21.3 Å². The highest BCUT2D eigenvalue weighted by molar-refractivity contribution is 6.30. The predicted octanol–water partition coefficient (Wildman–Crippen LogP) is 4.85. The molecule has 0 spiro atoms. The third kappa shape index (κ3) is 4.66. The van der Waals surface area contributed by atoms with Gasteiger partial charge in [-0.15, -0.1) is 13.2 Å². The van der Waals surface area contributed by atoms with Gasteiger partial charge in [-0.25, -0.2) is 0 Å². The second kappa shape index (κ2) is 6.05. The molecule has 0 aliphatic rings. The van der Waals surface area contributed by atoms with Crippen LogP contribution >= 0.6 is 11.6 Å².